The first kappa shape index (κ1) is 16.3. The molecule has 2 aromatic rings. The van der Waals surface area contributed by atoms with Crippen molar-refractivity contribution in [2.75, 3.05) is 13.1 Å². The van der Waals surface area contributed by atoms with Crippen molar-refractivity contribution >= 4 is 5.91 Å². The lowest BCUT2D eigenvalue weighted by Crippen LogP contribution is -2.38. The largest absolute Gasteiger partial charge is 0.451 e. The van der Waals surface area contributed by atoms with Crippen LogP contribution in [0.5, 0.6) is 0 Å². The zero-order valence-electron chi connectivity index (χ0n) is 13.5. The summed E-state index contributed by atoms with van der Waals surface area (Å²) < 4.78 is 5.66. The Kier molecular flexibility index (Phi) is 5.78. The van der Waals surface area contributed by atoms with Crippen LogP contribution >= 0.6 is 0 Å². The molecular formula is C18H24N2O2. The molecule has 1 amide bonds. The van der Waals surface area contributed by atoms with Crippen molar-refractivity contribution in [1.82, 2.24) is 10.6 Å². The molecule has 0 spiro atoms. The molecule has 118 valence electrons. The summed E-state index contributed by atoms with van der Waals surface area (Å²) >= 11 is 0. The van der Waals surface area contributed by atoms with Crippen molar-refractivity contribution in [3.63, 3.8) is 0 Å². The minimum atomic E-state index is -0.179. The van der Waals surface area contributed by atoms with Crippen LogP contribution in [-0.2, 0) is 6.42 Å². The molecule has 4 nitrogen and oxygen atoms in total. The zero-order valence-corrected chi connectivity index (χ0v) is 13.5. The molecule has 0 saturated heterocycles. The fourth-order valence-corrected chi connectivity index (χ4v) is 2.27. The molecule has 22 heavy (non-hydrogen) atoms. The highest BCUT2D eigenvalue weighted by Crippen LogP contribution is 2.22. The van der Waals surface area contributed by atoms with Gasteiger partial charge in [-0.1, -0.05) is 38.1 Å². The number of rotatable bonds is 7. The van der Waals surface area contributed by atoms with Gasteiger partial charge in [-0.15, -0.1) is 0 Å². The van der Waals surface area contributed by atoms with Gasteiger partial charge in [0.2, 0.25) is 0 Å². The Morgan fingerprint density at radius 2 is 1.86 bits per heavy atom. The molecule has 0 radical (unpaired) electrons. The molecule has 1 heterocycles. The molecule has 0 bridgehead atoms. The molecule has 1 aromatic heterocycles. The van der Waals surface area contributed by atoms with E-state index in [1.165, 1.54) is 5.56 Å². The number of aryl methyl sites for hydroxylation is 1. The van der Waals surface area contributed by atoms with E-state index < -0.39 is 0 Å². The molecule has 4 heteroatoms. The third kappa shape index (κ3) is 4.21. The summed E-state index contributed by atoms with van der Waals surface area (Å²) in [6.07, 6.45) is 1.01. The van der Waals surface area contributed by atoms with Crippen LogP contribution in [0.1, 0.15) is 36.9 Å². The highest BCUT2D eigenvalue weighted by molar-refractivity contribution is 5.92. The SMILES string of the molecule is CCN[C@H](C)CNC(=O)c1ccc(-c2ccc(CC)cc2)o1. The van der Waals surface area contributed by atoms with Crippen molar-refractivity contribution in [3.8, 4) is 11.3 Å². The van der Waals surface area contributed by atoms with Crippen molar-refractivity contribution in [2.24, 2.45) is 0 Å². The number of hydrogen-bond acceptors (Lipinski definition) is 3. The summed E-state index contributed by atoms with van der Waals surface area (Å²) in [6, 6.07) is 12.0. The molecule has 0 aliphatic heterocycles. The number of nitrogens with one attached hydrogen (secondary N) is 2. The zero-order chi connectivity index (χ0) is 15.9. The van der Waals surface area contributed by atoms with Crippen LogP contribution in [0.25, 0.3) is 11.3 Å². The van der Waals surface area contributed by atoms with Gasteiger partial charge in [-0.3, -0.25) is 4.79 Å². The molecule has 0 unspecified atom stereocenters. The number of furan rings is 1. The molecule has 0 fully saturated rings. The van der Waals surface area contributed by atoms with Gasteiger partial charge in [0, 0.05) is 18.2 Å². The van der Waals surface area contributed by atoms with Gasteiger partial charge in [0.1, 0.15) is 5.76 Å². The van der Waals surface area contributed by atoms with Crippen LogP contribution in [-0.4, -0.2) is 25.0 Å². The predicted molar refractivity (Wildman–Crippen MR) is 89.0 cm³/mol. The van der Waals surface area contributed by atoms with Crippen LogP contribution < -0.4 is 10.6 Å². The molecule has 2 N–H and O–H groups in total. The van der Waals surface area contributed by atoms with Crippen LogP contribution in [0.2, 0.25) is 0 Å². The van der Waals surface area contributed by atoms with E-state index in [1.54, 1.807) is 6.07 Å². The normalized spacial score (nSPS) is 12.1. The van der Waals surface area contributed by atoms with Gasteiger partial charge in [0.15, 0.2) is 5.76 Å². The monoisotopic (exact) mass is 300 g/mol. The summed E-state index contributed by atoms with van der Waals surface area (Å²) in [5.41, 5.74) is 2.27. The fourth-order valence-electron chi connectivity index (χ4n) is 2.27. The van der Waals surface area contributed by atoms with E-state index in [-0.39, 0.29) is 11.9 Å². The Labute approximate surface area is 131 Å². The maximum atomic E-state index is 12.1. The van der Waals surface area contributed by atoms with Gasteiger partial charge >= 0.3 is 0 Å². The lowest BCUT2D eigenvalue weighted by atomic mass is 10.1. The van der Waals surface area contributed by atoms with Gasteiger partial charge < -0.3 is 15.1 Å². The molecule has 0 saturated carbocycles. The van der Waals surface area contributed by atoms with Crippen molar-refractivity contribution in [2.45, 2.75) is 33.2 Å². The third-order valence-electron chi connectivity index (χ3n) is 3.60. The van der Waals surface area contributed by atoms with Crippen molar-refractivity contribution < 1.29 is 9.21 Å². The van der Waals surface area contributed by atoms with Crippen LogP contribution in [0.4, 0.5) is 0 Å². The highest BCUT2D eigenvalue weighted by atomic mass is 16.3. The number of likely N-dealkylation sites (N-methyl/N-ethyl adjacent to an activating group) is 1. The summed E-state index contributed by atoms with van der Waals surface area (Å²) in [4.78, 5) is 12.1. The van der Waals surface area contributed by atoms with Gasteiger partial charge in [-0.05, 0) is 37.6 Å². The fraction of sp³-hybridized carbons (Fsp3) is 0.389. The maximum Gasteiger partial charge on any atom is 0.287 e. The third-order valence-corrected chi connectivity index (χ3v) is 3.60. The summed E-state index contributed by atoms with van der Waals surface area (Å²) in [5.74, 6) is 0.881. The van der Waals surface area contributed by atoms with Crippen molar-refractivity contribution in [3.05, 3.63) is 47.7 Å². The van der Waals surface area contributed by atoms with Crippen molar-refractivity contribution in [1.29, 1.82) is 0 Å². The summed E-state index contributed by atoms with van der Waals surface area (Å²) in [6.45, 7) is 7.66. The van der Waals surface area contributed by atoms with Crippen LogP contribution in [0, 0.1) is 0 Å². The van der Waals surface area contributed by atoms with E-state index in [1.807, 2.05) is 32.0 Å². The topological polar surface area (TPSA) is 54.3 Å². The molecule has 0 aliphatic rings. The molecule has 2 rings (SSSR count). The highest BCUT2D eigenvalue weighted by Gasteiger charge is 2.12. The second-order valence-corrected chi connectivity index (χ2v) is 5.38. The first-order valence-corrected chi connectivity index (χ1v) is 7.84. The average Bonchev–Trinajstić information content (AvgIpc) is 3.03. The minimum Gasteiger partial charge on any atom is -0.451 e. The quantitative estimate of drug-likeness (QED) is 0.825. The molecule has 1 atom stereocenters. The molecule has 0 aliphatic carbocycles. The van der Waals surface area contributed by atoms with E-state index >= 15 is 0 Å². The number of carbonyl (C=O) groups excluding carboxylic acids is 1. The Morgan fingerprint density at radius 1 is 1.14 bits per heavy atom. The van der Waals surface area contributed by atoms with Crippen LogP contribution in [0.15, 0.2) is 40.8 Å². The van der Waals surface area contributed by atoms with Gasteiger partial charge in [0.05, 0.1) is 0 Å². The number of hydrogen-bond donors (Lipinski definition) is 2. The summed E-state index contributed by atoms with van der Waals surface area (Å²) in [7, 11) is 0. The molecule has 1 aromatic carbocycles. The first-order valence-electron chi connectivity index (χ1n) is 7.84. The second-order valence-electron chi connectivity index (χ2n) is 5.38. The van der Waals surface area contributed by atoms with E-state index in [9.17, 15) is 4.79 Å². The van der Waals surface area contributed by atoms with E-state index in [2.05, 4.69) is 29.7 Å². The lowest BCUT2D eigenvalue weighted by molar-refractivity contribution is 0.0923. The van der Waals surface area contributed by atoms with E-state index in [4.69, 9.17) is 4.42 Å². The predicted octanol–water partition coefficient (Wildman–Crippen LogP) is 3.24. The van der Waals surface area contributed by atoms with E-state index in [0.29, 0.717) is 18.1 Å². The second kappa shape index (κ2) is 7.80. The van der Waals surface area contributed by atoms with E-state index in [0.717, 1.165) is 18.5 Å². The Morgan fingerprint density at radius 3 is 2.50 bits per heavy atom. The average molecular weight is 300 g/mol. The summed E-state index contributed by atoms with van der Waals surface area (Å²) in [5, 5.41) is 6.12. The number of amides is 1. The Hall–Kier alpha value is -2.07. The number of benzene rings is 1. The van der Waals surface area contributed by atoms with Gasteiger partial charge in [-0.25, -0.2) is 0 Å². The lowest BCUT2D eigenvalue weighted by Gasteiger charge is -2.12. The Bertz CT molecular complexity index is 602. The first-order chi connectivity index (χ1) is 10.6. The van der Waals surface area contributed by atoms with Crippen LogP contribution in [0.3, 0.4) is 0 Å². The van der Waals surface area contributed by atoms with Gasteiger partial charge in [-0.2, -0.15) is 0 Å². The standard InChI is InChI=1S/C18H24N2O2/c1-4-14-6-8-15(9-7-14)16-10-11-17(22-16)18(21)20-12-13(3)19-5-2/h6-11,13,19H,4-5,12H2,1-3H3,(H,20,21)/t13-/m1/s1. The smallest absolute Gasteiger partial charge is 0.287 e. The molecular weight excluding hydrogens is 276 g/mol. The van der Waals surface area contributed by atoms with Gasteiger partial charge in [0.25, 0.3) is 5.91 Å². The minimum absolute atomic E-state index is 0.179. The maximum absolute atomic E-state index is 12.1. The number of carbonyl (C=O) groups is 1. The Balaban J connectivity index is 1.99.